The van der Waals surface area contributed by atoms with E-state index < -0.39 is 0 Å². The van der Waals surface area contributed by atoms with Crippen LogP contribution in [0.2, 0.25) is 0 Å². The quantitative estimate of drug-likeness (QED) is 0.942. The second-order valence-electron chi connectivity index (χ2n) is 5.06. The smallest absolute Gasteiger partial charge is 0.238 e. The Kier molecular flexibility index (Phi) is 5.70. The summed E-state index contributed by atoms with van der Waals surface area (Å²) in [6, 6.07) is 13.3. The summed E-state index contributed by atoms with van der Waals surface area (Å²) in [6.07, 6.45) is 2.36. The summed E-state index contributed by atoms with van der Waals surface area (Å²) in [5, 5.41) is 19.6. The zero-order valence-electron chi connectivity index (χ0n) is 12.0. The van der Waals surface area contributed by atoms with Gasteiger partial charge in [0.25, 0.3) is 0 Å². The van der Waals surface area contributed by atoms with E-state index in [0.717, 1.165) is 18.8 Å². The lowest BCUT2D eigenvalue weighted by Crippen LogP contribution is -2.26. The highest BCUT2D eigenvalue weighted by molar-refractivity contribution is 5.85. The first kappa shape index (κ1) is 16.2. The van der Waals surface area contributed by atoms with Crippen LogP contribution in [0.4, 0.5) is 0 Å². The van der Waals surface area contributed by atoms with E-state index in [1.807, 2.05) is 18.2 Å². The van der Waals surface area contributed by atoms with Crippen molar-refractivity contribution in [2.75, 3.05) is 13.1 Å². The lowest BCUT2D eigenvalue weighted by atomic mass is 9.90. The van der Waals surface area contributed by atoms with Crippen molar-refractivity contribution in [2.45, 2.75) is 18.8 Å². The molecule has 0 amide bonds. The molecule has 3 rings (SSSR count). The molecule has 1 saturated heterocycles. The van der Waals surface area contributed by atoms with Crippen LogP contribution in [0.3, 0.4) is 0 Å². The number of ether oxygens (including phenoxy) is 1. The summed E-state index contributed by atoms with van der Waals surface area (Å²) in [5.41, 5.74) is 1.64. The van der Waals surface area contributed by atoms with Crippen molar-refractivity contribution >= 4 is 12.4 Å². The fourth-order valence-corrected chi connectivity index (χ4v) is 2.52. The van der Waals surface area contributed by atoms with E-state index in [4.69, 9.17) is 10.00 Å². The summed E-state index contributed by atoms with van der Waals surface area (Å²) >= 11 is 0. The van der Waals surface area contributed by atoms with Crippen LogP contribution in [0.1, 0.15) is 30.0 Å². The SMILES string of the molecule is Cl.N#Cc1ccc(Oc2ccc(C3CCNCC3)cc2)nn1. The molecule has 0 radical (unpaired) electrons. The number of aromatic nitrogens is 2. The monoisotopic (exact) mass is 316 g/mol. The van der Waals surface area contributed by atoms with Crippen LogP contribution < -0.4 is 10.1 Å². The summed E-state index contributed by atoms with van der Waals surface area (Å²) in [5.74, 6) is 1.75. The Morgan fingerprint density at radius 2 is 1.77 bits per heavy atom. The van der Waals surface area contributed by atoms with E-state index in [1.165, 1.54) is 18.4 Å². The lowest BCUT2D eigenvalue weighted by Gasteiger charge is -2.23. The molecule has 6 heteroatoms. The fourth-order valence-electron chi connectivity index (χ4n) is 2.52. The Balaban J connectivity index is 0.00000176. The maximum absolute atomic E-state index is 8.67. The van der Waals surface area contributed by atoms with Crippen molar-refractivity contribution < 1.29 is 4.74 Å². The van der Waals surface area contributed by atoms with Gasteiger partial charge in [-0.1, -0.05) is 12.1 Å². The molecule has 22 heavy (non-hydrogen) atoms. The van der Waals surface area contributed by atoms with Gasteiger partial charge in [-0.05, 0) is 55.6 Å². The molecule has 0 aliphatic carbocycles. The first-order chi connectivity index (χ1) is 10.3. The Bertz CT molecular complexity index is 631. The summed E-state index contributed by atoms with van der Waals surface area (Å²) < 4.78 is 5.62. The first-order valence-electron chi connectivity index (χ1n) is 7.07. The van der Waals surface area contributed by atoms with Crippen LogP contribution in [0.5, 0.6) is 11.6 Å². The van der Waals surface area contributed by atoms with Gasteiger partial charge in [-0.3, -0.25) is 0 Å². The molecular formula is C16H17ClN4O. The normalized spacial score (nSPS) is 14.7. The number of hydrogen-bond acceptors (Lipinski definition) is 5. The van der Waals surface area contributed by atoms with Gasteiger partial charge in [0.2, 0.25) is 5.88 Å². The number of nitrogens with one attached hydrogen (secondary N) is 1. The molecule has 2 aromatic rings. The standard InChI is InChI=1S/C16H16N4O.ClH/c17-11-14-3-6-16(20-19-14)21-15-4-1-12(2-5-15)13-7-9-18-10-8-13;/h1-6,13,18H,7-10H2;1H. The third-order valence-electron chi connectivity index (χ3n) is 3.67. The van der Waals surface area contributed by atoms with Crippen LogP contribution in [-0.2, 0) is 0 Å². The Morgan fingerprint density at radius 3 is 2.36 bits per heavy atom. The van der Waals surface area contributed by atoms with Gasteiger partial charge >= 0.3 is 0 Å². The molecule has 1 aromatic heterocycles. The summed E-state index contributed by atoms with van der Waals surface area (Å²) in [4.78, 5) is 0. The van der Waals surface area contributed by atoms with Crippen molar-refractivity contribution in [2.24, 2.45) is 0 Å². The maximum Gasteiger partial charge on any atom is 0.238 e. The van der Waals surface area contributed by atoms with E-state index in [2.05, 4.69) is 27.6 Å². The molecule has 1 aromatic carbocycles. The molecule has 0 spiro atoms. The molecule has 0 saturated carbocycles. The zero-order valence-corrected chi connectivity index (χ0v) is 12.8. The fraction of sp³-hybridized carbons (Fsp3) is 0.312. The van der Waals surface area contributed by atoms with Gasteiger partial charge in [0.15, 0.2) is 5.69 Å². The Labute approximate surface area is 135 Å². The zero-order chi connectivity index (χ0) is 14.5. The molecule has 2 heterocycles. The Hall–Kier alpha value is -2.16. The highest BCUT2D eigenvalue weighted by Gasteiger charge is 2.14. The van der Waals surface area contributed by atoms with Crippen molar-refractivity contribution in [3.8, 4) is 17.7 Å². The van der Waals surface area contributed by atoms with Crippen molar-refractivity contribution in [3.63, 3.8) is 0 Å². The predicted molar refractivity (Wildman–Crippen MR) is 85.4 cm³/mol. The molecule has 0 atom stereocenters. The van der Waals surface area contributed by atoms with E-state index in [1.54, 1.807) is 12.1 Å². The molecular weight excluding hydrogens is 300 g/mol. The highest BCUT2D eigenvalue weighted by Crippen LogP contribution is 2.27. The minimum Gasteiger partial charge on any atom is -0.438 e. The van der Waals surface area contributed by atoms with Gasteiger partial charge in [0.1, 0.15) is 11.8 Å². The van der Waals surface area contributed by atoms with Crippen molar-refractivity contribution in [1.29, 1.82) is 5.26 Å². The second kappa shape index (κ2) is 7.74. The minimum atomic E-state index is 0. The van der Waals surface area contributed by atoms with Crippen LogP contribution in [0, 0.1) is 11.3 Å². The van der Waals surface area contributed by atoms with E-state index in [0.29, 0.717) is 11.8 Å². The average molecular weight is 317 g/mol. The molecule has 1 aliphatic heterocycles. The van der Waals surface area contributed by atoms with Crippen LogP contribution in [0.15, 0.2) is 36.4 Å². The van der Waals surface area contributed by atoms with Crippen LogP contribution >= 0.6 is 12.4 Å². The third kappa shape index (κ3) is 3.94. The number of hydrogen-bond donors (Lipinski definition) is 1. The first-order valence-corrected chi connectivity index (χ1v) is 7.07. The van der Waals surface area contributed by atoms with E-state index >= 15 is 0 Å². The molecule has 5 nitrogen and oxygen atoms in total. The molecule has 0 unspecified atom stereocenters. The predicted octanol–water partition coefficient (Wildman–Crippen LogP) is 3.03. The molecule has 114 valence electrons. The second-order valence-corrected chi connectivity index (χ2v) is 5.06. The third-order valence-corrected chi connectivity index (χ3v) is 3.67. The lowest BCUT2D eigenvalue weighted by molar-refractivity contribution is 0.450. The number of halogens is 1. The van der Waals surface area contributed by atoms with Crippen molar-refractivity contribution in [1.82, 2.24) is 15.5 Å². The van der Waals surface area contributed by atoms with Gasteiger partial charge in [-0.15, -0.1) is 22.6 Å². The molecule has 1 aliphatic rings. The average Bonchev–Trinajstić information content (AvgIpc) is 2.57. The number of piperidine rings is 1. The van der Waals surface area contributed by atoms with Gasteiger partial charge in [0, 0.05) is 6.07 Å². The largest absolute Gasteiger partial charge is 0.438 e. The van der Waals surface area contributed by atoms with Gasteiger partial charge in [0.05, 0.1) is 0 Å². The van der Waals surface area contributed by atoms with Crippen molar-refractivity contribution in [3.05, 3.63) is 47.7 Å². The maximum atomic E-state index is 8.67. The number of rotatable bonds is 3. The molecule has 1 N–H and O–H groups in total. The van der Waals surface area contributed by atoms with Crippen LogP contribution in [-0.4, -0.2) is 23.3 Å². The van der Waals surface area contributed by atoms with Gasteiger partial charge in [-0.25, -0.2) is 0 Å². The topological polar surface area (TPSA) is 70.8 Å². The molecule has 1 fully saturated rings. The summed E-state index contributed by atoms with van der Waals surface area (Å²) in [7, 11) is 0. The number of benzene rings is 1. The van der Waals surface area contributed by atoms with E-state index in [-0.39, 0.29) is 18.1 Å². The van der Waals surface area contributed by atoms with E-state index in [9.17, 15) is 0 Å². The number of nitrogens with zero attached hydrogens (tertiary/aromatic N) is 3. The molecule has 0 bridgehead atoms. The Morgan fingerprint density at radius 1 is 1.05 bits per heavy atom. The van der Waals surface area contributed by atoms with Gasteiger partial charge < -0.3 is 10.1 Å². The van der Waals surface area contributed by atoms with Crippen LogP contribution in [0.25, 0.3) is 0 Å². The minimum absolute atomic E-state index is 0. The number of nitriles is 1. The highest BCUT2D eigenvalue weighted by atomic mass is 35.5. The van der Waals surface area contributed by atoms with Gasteiger partial charge in [-0.2, -0.15) is 5.26 Å². The summed E-state index contributed by atoms with van der Waals surface area (Å²) in [6.45, 7) is 2.17.